The number of hydrogen-bond donors (Lipinski definition) is 3. The Morgan fingerprint density at radius 2 is 1.81 bits per heavy atom. The van der Waals surface area contributed by atoms with Crippen molar-refractivity contribution in [3.63, 3.8) is 0 Å². The molecule has 8 nitrogen and oxygen atoms in total. The van der Waals surface area contributed by atoms with Gasteiger partial charge in [-0.05, 0) is 50.2 Å². The van der Waals surface area contributed by atoms with Crippen molar-refractivity contribution in [2.75, 3.05) is 43.9 Å². The summed E-state index contributed by atoms with van der Waals surface area (Å²) < 4.78 is 7.62. The second-order valence-electron chi connectivity index (χ2n) is 7.50. The Morgan fingerprint density at radius 1 is 1.10 bits per heavy atom. The molecule has 2 aromatic carbocycles. The number of phenolic OH excluding ortho intramolecular Hbond substituents is 1. The van der Waals surface area contributed by atoms with E-state index in [1.165, 1.54) is 11.9 Å². The van der Waals surface area contributed by atoms with Gasteiger partial charge >= 0.3 is 0 Å². The van der Waals surface area contributed by atoms with Crippen LogP contribution >= 0.6 is 23.5 Å². The average molecular weight is 463 g/mol. The molecular formula is C21H23ClN4O4S. The van der Waals surface area contributed by atoms with Crippen molar-refractivity contribution in [3.05, 3.63) is 61.3 Å². The van der Waals surface area contributed by atoms with E-state index in [0.29, 0.717) is 21.4 Å². The molecule has 0 radical (unpaired) electrons. The number of furan rings is 1. The number of phenols is 1. The summed E-state index contributed by atoms with van der Waals surface area (Å²) in [5.74, 6) is 1.35. The maximum Gasteiger partial charge on any atom is 0.253 e. The first-order valence-corrected chi connectivity index (χ1v) is 11.0. The van der Waals surface area contributed by atoms with E-state index in [9.17, 15) is 14.7 Å². The average Bonchev–Trinajstić information content (AvgIpc) is 3.17. The summed E-state index contributed by atoms with van der Waals surface area (Å²) in [4.78, 5) is 26.9. The lowest BCUT2D eigenvalue weighted by Gasteiger charge is -2.31. The van der Waals surface area contributed by atoms with Gasteiger partial charge in [0, 0.05) is 26.2 Å². The number of benzene rings is 1. The lowest BCUT2D eigenvalue weighted by Crippen LogP contribution is -2.41. The molecule has 0 unspecified atom stereocenters. The zero-order chi connectivity index (χ0) is 22.1. The topological polar surface area (TPSA) is 98.0 Å². The molecule has 31 heavy (non-hydrogen) atoms. The van der Waals surface area contributed by atoms with E-state index in [0.717, 1.165) is 31.9 Å². The van der Waals surface area contributed by atoms with Gasteiger partial charge < -0.3 is 25.1 Å². The number of aryl methyl sites for hydroxylation is 1. The van der Waals surface area contributed by atoms with Crippen LogP contribution in [-0.4, -0.2) is 47.5 Å². The molecule has 1 aliphatic heterocycles. The number of aromatic hydroxyl groups is 1. The van der Waals surface area contributed by atoms with Crippen LogP contribution in [0.4, 0.5) is 17.1 Å². The van der Waals surface area contributed by atoms with Crippen LogP contribution in [0, 0.1) is 6.92 Å². The maximum absolute atomic E-state index is 12.1. The Morgan fingerprint density at radius 3 is 2.48 bits per heavy atom. The molecule has 1 fully saturated rings. The van der Waals surface area contributed by atoms with Crippen LogP contribution in [0.3, 0.4) is 0 Å². The number of hydrogen-bond acceptors (Lipinski definition) is 9. The van der Waals surface area contributed by atoms with E-state index < -0.39 is 10.9 Å². The molecule has 2 heterocycles. The molecule has 0 aliphatic carbocycles. The molecule has 1 saturated heterocycles. The molecule has 0 bridgehead atoms. The lowest BCUT2D eigenvalue weighted by atomic mass is 10.1. The van der Waals surface area contributed by atoms with Gasteiger partial charge in [0.05, 0.1) is 22.2 Å². The van der Waals surface area contributed by atoms with E-state index in [1.54, 1.807) is 18.2 Å². The molecular weight excluding hydrogens is 440 g/mol. The summed E-state index contributed by atoms with van der Waals surface area (Å²) in [6.45, 7) is 5.63. The molecule has 1 aliphatic rings. The van der Waals surface area contributed by atoms with Gasteiger partial charge in [-0.1, -0.05) is 11.6 Å². The third kappa shape index (κ3) is 4.59. The molecule has 10 heteroatoms. The highest BCUT2D eigenvalue weighted by molar-refractivity contribution is 7.97. The Bertz CT molecular complexity index is 1160. The molecule has 1 aromatic heterocycles. The van der Waals surface area contributed by atoms with Gasteiger partial charge in [0.1, 0.15) is 22.9 Å². The zero-order valence-electron chi connectivity index (χ0n) is 17.2. The predicted molar refractivity (Wildman–Crippen MR) is 123 cm³/mol. The van der Waals surface area contributed by atoms with E-state index in [4.69, 9.17) is 16.0 Å². The Labute approximate surface area is 188 Å². The minimum atomic E-state index is -0.638. The summed E-state index contributed by atoms with van der Waals surface area (Å²) in [7, 11) is 2.07. The van der Waals surface area contributed by atoms with Crippen molar-refractivity contribution < 1.29 is 9.52 Å². The number of anilines is 3. The molecule has 3 N–H and O–H groups in total. The Kier molecular flexibility index (Phi) is 6.29. The first-order chi connectivity index (χ1) is 14.8. The van der Waals surface area contributed by atoms with Gasteiger partial charge in [-0.15, -0.1) is 0 Å². The van der Waals surface area contributed by atoms with Crippen molar-refractivity contribution in [3.8, 4) is 5.75 Å². The minimum Gasteiger partial charge on any atom is -0.505 e. The van der Waals surface area contributed by atoms with Crippen LogP contribution in [0.5, 0.6) is 5.75 Å². The Hall–Kier alpha value is -2.46. The van der Waals surface area contributed by atoms with Gasteiger partial charge in [-0.25, -0.2) is 4.31 Å². The number of nitrogens with zero attached hydrogens (tertiary/aromatic N) is 2. The molecule has 0 saturated carbocycles. The van der Waals surface area contributed by atoms with Crippen LogP contribution < -0.4 is 21.5 Å². The van der Waals surface area contributed by atoms with Gasteiger partial charge in [-0.2, -0.15) is 0 Å². The summed E-state index contributed by atoms with van der Waals surface area (Å²) in [6, 6.07) is 6.87. The SMILES string of the molecule is Cc1ccc(CNc2c(Nc3ccc(Cl)c(SN4CCN(C)CC4)c3O)c(=O)c2=O)o1. The second-order valence-corrected chi connectivity index (χ2v) is 9.01. The number of piperazine rings is 1. The first-order valence-electron chi connectivity index (χ1n) is 9.86. The van der Waals surface area contributed by atoms with E-state index in [-0.39, 0.29) is 23.7 Å². The van der Waals surface area contributed by atoms with E-state index in [2.05, 4.69) is 26.9 Å². The third-order valence-corrected chi connectivity index (χ3v) is 6.82. The fraction of sp³-hybridized carbons (Fsp3) is 0.333. The number of rotatable bonds is 7. The quantitative estimate of drug-likeness (QED) is 0.278. The highest BCUT2D eigenvalue weighted by Crippen LogP contribution is 2.43. The molecule has 0 atom stereocenters. The molecule has 0 amide bonds. The third-order valence-electron chi connectivity index (χ3n) is 5.17. The number of halogens is 1. The predicted octanol–water partition coefficient (Wildman–Crippen LogP) is 3.15. The van der Waals surface area contributed by atoms with Gasteiger partial charge in [0.2, 0.25) is 0 Å². The highest BCUT2D eigenvalue weighted by Gasteiger charge is 2.24. The second kappa shape index (κ2) is 8.96. The molecule has 0 spiro atoms. The normalized spacial score (nSPS) is 15.5. The number of likely N-dealkylation sites (N-methyl/N-ethyl adjacent to an activating group) is 1. The van der Waals surface area contributed by atoms with Crippen molar-refractivity contribution in [1.29, 1.82) is 0 Å². The van der Waals surface area contributed by atoms with Gasteiger partial charge in [0.15, 0.2) is 5.75 Å². The monoisotopic (exact) mass is 462 g/mol. The largest absolute Gasteiger partial charge is 0.505 e. The van der Waals surface area contributed by atoms with Crippen LogP contribution in [0.15, 0.2) is 43.2 Å². The summed E-state index contributed by atoms with van der Waals surface area (Å²) in [5, 5.41) is 17.1. The minimum absolute atomic E-state index is 0.0583. The number of nitrogens with one attached hydrogen (secondary N) is 2. The van der Waals surface area contributed by atoms with Gasteiger partial charge in [-0.3, -0.25) is 9.59 Å². The maximum atomic E-state index is 12.1. The summed E-state index contributed by atoms with van der Waals surface area (Å²) in [6.07, 6.45) is 0. The van der Waals surface area contributed by atoms with Crippen molar-refractivity contribution in [1.82, 2.24) is 9.21 Å². The van der Waals surface area contributed by atoms with Crippen LogP contribution in [0.1, 0.15) is 11.5 Å². The van der Waals surface area contributed by atoms with Gasteiger partial charge in [0.25, 0.3) is 10.9 Å². The molecule has 3 aromatic rings. The summed E-state index contributed by atoms with van der Waals surface area (Å²) >= 11 is 7.72. The Balaban J connectivity index is 1.51. The molecule has 164 valence electrons. The first kappa shape index (κ1) is 21.8. The summed E-state index contributed by atoms with van der Waals surface area (Å²) in [5.41, 5.74) is -0.653. The van der Waals surface area contributed by atoms with E-state index >= 15 is 0 Å². The van der Waals surface area contributed by atoms with Crippen LogP contribution in [-0.2, 0) is 6.54 Å². The standard InChI is InChI=1S/C21H23ClN4O4S/c1-12-3-4-13(30-12)11-23-16-17(20(29)19(16)28)24-15-6-5-14(22)21(18(15)27)31-26-9-7-25(2)8-10-26/h3-6,23-24,27H,7-11H2,1-2H3. The van der Waals surface area contributed by atoms with Crippen LogP contribution in [0.25, 0.3) is 0 Å². The fourth-order valence-corrected chi connectivity index (χ4v) is 4.52. The highest BCUT2D eigenvalue weighted by atomic mass is 35.5. The van der Waals surface area contributed by atoms with Crippen molar-refractivity contribution >= 4 is 40.6 Å². The van der Waals surface area contributed by atoms with Crippen molar-refractivity contribution in [2.45, 2.75) is 18.4 Å². The smallest absolute Gasteiger partial charge is 0.253 e. The van der Waals surface area contributed by atoms with Crippen molar-refractivity contribution in [2.24, 2.45) is 0 Å². The lowest BCUT2D eigenvalue weighted by molar-refractivity contribution is 0.233. The van der Waals surface area contributed by atoms with Crippen LogP contribution in [0.2, 0.25) is 5.02 Å². The van der Waals surface area contributed by atoms with E-state index in [1.807, 2.05) is 13.0 Å². The fourth-order valence-electron chi connectivity index (χ4n) is 3.31. The molecule has 4 rings (SSSR count). The zero-order valence-corrected chi connectivity index (χ0v) is 18.8.